The Morgan fingerprint density at radius 1 is 1.32 bits per heavy atom. The van der Waals surface area contributed by atoms with Crippen molar-refractivity contribution < 1.29 is 14.3 Å². The molecular weight excluding hydrogens is 244 g/mol. The van der Waals surface area contributed by atoms with Gasteiger partial charge in [-0.2, -0.15) is 0 Å². The first kappa shape index (κ1) is 12.2. The first-order valence-electron chi connectivity index (χ1n) is 6.36. The van der Waals surface area contributed by atoms with Gasteiger partial charge in [-0.3, -0.25) is 14.5 Å². The summed E-state index contributed by atoms with van der Waals surface area (Å²) in [5.74, 6) is 0.549. The second-order valence-electron chi connectivity index (χ2n) is 5.06. The minimum absolute atomic E-state index is 0.0307. The highest BCUT2D eigenvalue weighted by atomic mass is 16.5. The lowest BCUT2D eigenvalue weighted by molar-refractivity contribution is -0.142. The second-order valence-corrected chi connectivity index (χ2v) is 5.06. The molecule has 0 spiro atoms. The molecule has 0 bridgehead atoms. The Bertz CT molecular complexity index is 536. The van der Waals surface area contributed by atoms with Gasteiger partial charge in [0.25, 0.3) is 0 Å². The van der Waals surface area contributed by atoms with Crippen LogP contribution in [0, 0.1) is 11.8 Å². The zero-order valence-corrected chi connectivity index (χ0v) is 10.8. The molecule has 5 nitrogen and oxygen atoms in total. The Labute approximate surface area is 111 Å². The Balaban J connectivity index is 1.80. The second kappa shape index (κ2) is 4.35. The summed E-state index contributed by atoms with van der Waals surface area (Å²) in [5.41, 5.74) is 7.41. The molecule has 2 fully saturated rings. The van der Waals surface area contributed by atoms with Crippen LogP contribution in [0.3, 0.4) is 0 Å². The SMILES string of the molecule is COc1cc(CN2C(=O)C3CC3C2=O)ccc1CN. The third kappa shape index (κ3) is 1.90. The third-order valence-corrected chi connectivity index (χ3v) is 3.87. The van der Waals surface area contributed by atoms with Gasteiger partial charge >= 0.3 is 0 Å². The monoisotopic (exact) mass is 260 g/mol. The van der Waals surface area contributed by atoms with E-state index in [4.69, 9.17) is 10.5 Å². The van der Waals surface area contributed by atoms with E-state index in [1.54, 1.807) is 7.11 Å². The number of ether oxygens (including phenoxy) is 1. The minimum Gasteiger partial charge on any atom is -0.496 e. The van der Waals surface area contributed by atoms with E-state index in [-0.39, 0.29) is 23.7 Å². The Hall–Kier alpha value is -1.88. The maximum atomic E-state index is 11.9. The Morgan fingerprint density at radius 3 is 2.58 bits per heavy atom. The molecule has 1 saturated heterocycles. The normalized spacial score (nSPS) is 24.6. The number of nitrogens with zero attached hydrogens (tertiary/aromatic N) is 1. The first-order valence-corrected chi connectivity index (χ1v) is 6.36. The number of carbonyl (C=O) groups excluding carboxylic acids is 2. The summed E-state index contributed by atoms with van der Waals surface area (Å²) in [6, 6.07) is 5.60. The van der Waals surface area contributed by atoms with Crippen LogP contribution in [0.15, 0.2) is 18.2 Å². The van der Waals surface area contributed by atoms with Crippen LogP contribution in [0.5, 0.6) is 5.75 Å². The number of imide groups is 1. The smallest absolute Gasteiger partial charge is 0.233 e. The van der Waals surface area contributed by atoms with Crippen LogP contribution in [0.4, 0.5) is 0 Å². The molecule has 2 amide bonds. The summed E-state index contributed by atoms with van der Waals surface area (Å²) in [5, 5.41) is 0. The predicted octanol–water partition coefficient (Wildman–Crippen LogP) is 0.659. The van der Waals surface area contributed by atoms with Crippen LogP contribution in [-0.4, -0.2) is 23.8 Å². The molecule has 2 unspecified atom stereocenters. The highest BCUT2D eigenvalue weighted by molar-refractivity contribution is 6.08. The van der Waals surface area contributed by atoms with Crippen LogP contribution in [0.25, 0.3) is 0 Å². The molecule has 1 aliphatic heterocycles. The largest absolute Gasteiger partial charge is 0.496 e. The number of nitrogens with two attached hydrogens (primary N) is 1. The van der Waals surface area contributed by atoms with Crippen molar-refractivity contribution in [2.45, 2.75) is 19.5 Å². The maximum Gasteiger partial charge on any atom is 0.233 e. The fourth-order valence-electron chi connectivity index (χ4n) is 2.64. The van der Waals surface area contributed by atoms with Crippen LogP contribution >= 0.6 is 0 Å². The lowest BCUT2D eigenvalue weighted by Gasteiger charge is -2.17. The number of methoxy groups -OCH3 is 1. The van der Waals surface area contributed by atoms with Crippen LogP contribution in [-0.2, 0) is 22.7 Å². The number of hydrogen-bond donors (Lipinski definition) is 1. The predicted molar refractivity (Wildman–Crippen MR) is 68.0 cm³/mol. The molecule has 2 aliphatic rings. The Kier molecular flexibility index (Phi) is 2.78. The van der Waals surface area contributed by atoms with E-state index >= 15 is 0 Å². The number of likely N-dealkylation sites (tertiary alicyclic amines) is 1. The molecule has 0 aromatic heterocycles. The molecule has 19 heavy (non-hydrogen) atoms. The molecule has 2 N–H and O–H groups in total. The molecule has 1 aromatic carbocycles. The van der Waals surface area contributed by atoms with Crippen molar-refractivity contribution in [2.24, 2.45) is 17.6 Å². The number of fused-ring (bicyclic) bond motifs is 1. The lowest BCUT2D eigenvalue weighted by atomic mass is 10.1. The van der Waals surface area contributed by atoms with E-state index < -0.39 is 0 Å². The molecule has 100 valence electrons. The summed E-state index contributed by atoms with van der Waals surface area (Å²) in [6.45, 7) is 0.723. The van der Waals surface area contributed by atoms with Crippen LogP contribution in [0.1, 0.15) is 17.5 Å². The van der Waals surface area contributed by atoms with Gasteiger partial charge in [0.05, 0.1) is 25.5 Å². The van der Waals surface area contributed by atoms with Crippen LogP contribution < -0.4 is 10.5 Å². The van der Waals surface area contributed by atoms with Crippen molar-refractivity contribution in [1.82, 2.24) is 4.90 Å². The summed E-state index contributed by atoms with van der Waals surface area (Å²) < 4.78 is 5.26. The van der Waals surface area contributed by atoms with Crippen LogP contribution in [0.2, 0.25) is 0 Å². The van der Waals surface area contributed by atoms with E-state index in [2.05, 4.69) is 0 Å². The maximum absolute atomic E-state index is 11.9. The molecule has 2 atom stereocenters. The van der Waals surface area contributed by atoms with Gasteiger partial charge in [0.2, 0.25) is 11.8 Å². The van der Waals surface area contributed by atoms with Crippen molar-refractivity contribution in [2.75, 3.05) is 7.11 Å². The number of rotatable bonds is 4. The van der Waals surface area contributed by atoms with Gasteiger partial charge in [-0.15, -0.1) is 0 Å². The molecule has 5 heteroatoms. The van der Waals surface area contributed by atoms with Gasteiger partial charge in [-0.25, -0.2) is 0 Å². The zero-order chi connectivity index (χ0) is 13.6. The lowest BCUT2D eigenvalue weighted by Crippen LogP contribution is -2.32. The average Bonchev–Trinajstić information content (AvgIpc) is 3.19. The number of piperidine rings is 1. The van der Waals surface area contributed by atoms with Crippen molar-refractivity contribution in [3.63, 3.8) is 0 Å². The molecule has 1 saturated carbocycles. The first-order chi connectivity index (χ1) is 9.15. The number of amides is 2. The highest BCUT2D eigenvalue weighted by Gasteiger charge is 2.58. The van der Waals surface area contributed by atoms with Crippen molar-refractivity contribution >= 4 is 11.8 Å². The highest BCUT2D eigenvalue weighted by Crippen LogP contribution is 2.47. The quantitative estimate of drug-likeness (QED) is 0.807. The van der Waals surface area contributed by atoms with Crippen molar-refractivity contribution in [1.29, 1.82) is 0 Å². The fraction of sp³-hybridized carbons (Fsp3) is 0.429. The number of carbonyl (C=O) groups is 2. The van der Waals surface area contributed by atoms with E-state index in [0.29, 0.717) is 18.8 Å². The summed E-state index contributed by atoms with van der Waals surface area (Å²) in [7, 11) is 1.58. The number of benzene rings is 1. The summed E-state index contributed by atoms with van der Waals surface area (Å²) in [6.07, 6.45) is 0.740. The molecular formula is C14H16N2O3. The van der Waals surface area contributed by atoms with Crippen molar-refractivity contribution in [3.05, 3.63) is 29.3 Å². The third-order valence-electron chi connectivity index (χ3n) is 3.87. The fourth-order valence-corrected chi connectivity index (χ4v) is 2.64. The average molecular weight is 260 g/mol. The number of hydrogen-bond acceptors (Lipinski definition) is 4. The molecule has 0 radical (unpaired) electrons. The molecule has 1 heterocycles. The topological polar surface area (TPSA) is 72.6 Å². The van der Waals surface area contributed by atoms with Gasteiger partial charge in [0.1, 0.15) is 5.75 Å². The van der Waals surface area contributed by atoms with Gasteiger partial charge in [0.15, 0.2) is 0 Å². The summed E-state index contributed by atoms with van der Waals surface area (Å²) in [4.78, 5) is 25.1. The van der Waals surface area contributed by atoms with E-state index in [1.165, 1.54) is 4.90 Å². The summed E-state index contributed by atoms with van der Waals surface area (Å²) >= 11 is 0. The Morgan fingerprint density at radius 2 is 2.00 bits per heavy atom. The molecule has 1 aliphatic carbocycles. The van der Waals surface area contributed by atoms with Gasteiger partial charge in [-0.05, 0) is 18.1 Å². The van der Waals surface area contributed by atoms with Crippen molar-refractivity contribution in [3.8, 4) is 5.75 Å². The van der Waals surface area contributed by atoms with Gasteiger partial charge < -0.3 is 10.5 Å². The van der Waals surface area contributed by atoms with Gasteiger partial charge in [-0.1, -0.05) is 12.1 Å². The van der Waals surface area contributed by atoms with E-state index in [9.17, 15) is 9.59 Å². The van der Waals surface area contributed by atoms with E-state index in [1.807, 2.05) is 18.2 Å². The standard InChI is InChI=1S/C14H16N2O3/c1-19-12-4-8(2-3-9(12)6-15)7-16-13(17)10-5-11(10)14(16)18/h2-4,10-11H,5-7,15H2,1H3. The molecule has 3 rings (SSSR count). The molecule has 1 aromatic rings. The van der Waals surface area contributed by atoms with E-state index in [0.717, 1.165) is 17.5 Å². The zero-order valence-electron chi connectivity index (χ0n) is 10.8. The van der Waals surface area contributed by atoms with Gasteiger partial charge in [0, 0.05) is 12.1 Å². The minimum atomic E-state index is -0.0438.